The first-order chi connectivity index (χ1) is 9.83. The van der Waals surface area contributed by atoms with Crippen LogP contribution in [0.3, 0.4) is 0 Å². The lowest BCUT2D eigenvalue weighted by atomic mass is 10.2. The molecule has 0 aliphatic rings. The Labute approximate surface area is 123 Å². The van der Waals surface area contributed by atoms with Crippen molar-refractivity contribution in [2.75, 3.05) is 17.6 Å². The summed E-state index contributed by atoms with van der Waals surface area (Å²) >= 11 is 0. The molecule has 0 saturated heterocycles. The van der Waals surface area contributed by atoms with Crippen LogP contribution < -0.4 is 15.8 Å². The molecule has 7 nitrogen and oxygen atoms in total. The van der Waals surface area contributed by atoms with Crippen LogP contribution in [-0.4, -0.2) is 27.3 Å². The van der Waals surface area contributed by atoms with E-state index < -0.39 is 0 Å². The van der Waals surface area contributed by atoms with Crippen molar-refractivity contribution in [2.24, 2.45) is 0 Å². The topological polar surface area (TPSA) is 99.1 Å². The highest BCUT2D eigenvalue weighted by Gasteiger charge is 2.15. The number of ether oxygens (including phenoxy) is 1. The molecular weight excluding hydrogens is 270 g/mol. The minimum Gasteiger partial charge on any atom is -0.470 e. The Morgan fingerprint density at radius 2 is 2.05 bits per heavy atom. The molecule has 7 heteroatoms. The van der Waals surface area contributed by atoms with Crippen LogP contribution in [0.4, 0.5) is 11.5 Å². The summed E-state index contributed by atoms with van der Waals surface area (Å²) in [6.45, 7) is 8.27. The first kappa shape index (κ1) is 15.1. The van der Waals surface area contributed by atoms with Crippen molar-refractivity contribution in [2.45, 2.75) is 39.7 Å². The maximum Gasteiger partial charge on any atom is 0.239 e. The molecule has 0 unspecified atom stereocenters. The third kappa shape index (κ3) is 4.62. The van der Waals surface area contributed by atoms with Gasteiger partial charge in [-0.05, 0) is 39.8 Å². The van der Waals surface area contributed by atoms with Crippen LogP contribution in [0.2, 0.25) is 0 Å². The number of nitrogens with zero attached hydrogens (tertiary/aromatic N) is 3. The van der Waals surface area contributed by atoms with E-state index in [9.17, 15) is 0 Å². The number of rotatable bonds is 5. The minimum absolute atomic E-state index is 0.346. The number of hydrogen-bond donors (Lipinski definition) is 2. The highest BCUT2D eigenvalue weighted by molar-refractivity contribution is 5.53. The molecule has 2 aromatic heterocycles. The second-order valence-corrected chi connectivity index (χ2v) is 5.72. The van der Waals surface area contributed by atoms with Gasteiger partial charge in [0.05, 0.1) is 5.69 Å². The summed E-state index contributed by atoms with van der Waals surface area (Å²) in [7, 11) is 0. The first-order valence-corrected chi connectivity index (χ1v) is 6.82. The third-order valence-electron chi connectivity index (χ3n) is 2.51. The molecule has 0 aliphatic heterocycles. The summed E-state index contributed by atoms with van der Waals surface area (Å²) in [6.07, 6.45) is 0.627. The van der Waals surface area contributed by atoms with E-state index >= 15 is 0 Å². The standard InChI is InChI=1S/C14H21N5O2/c1-9-17-12(21-19-9)7-8-16-11-6-5-10(15)13(18-11)20-14(2,3)4/h5-6H,7-8,15H2,1-4H3,(H,16,18). The lowest BCUT2D eigenvalue weighted by molar-refractivity contribution is 0.125. The number of nitrogens with two attached hydrogens (primary N) is 1. The zero-order valence-electron chi connectivity index (χ0n) is 12.8. The van der Waals surface area contributed by atoms with E-state index in [1.54, 1.807) is 13.0 Å². The predicted octanol–water partition coefficient (Wildman–Crippen LogP) is 2.19. The van der Waals surface area contributed by atoms with E-state index in [4.69, 9.17) is 15.0 Å². The smallest absolute Gasteiger partial charge is 0.239 e. The average Bonchev–Trinajstić information content (AvgIpc) is 2.77. The van der Waals surface area contributed by atoms with Crippen LogP contribution in [0.25, 0.3) is 0 Å². The van der Waals surface area contributed by atoms with Gasteiger partial charge in [-0.1, -0.05) is 5.16 Å². The quantitative estimate of drug-likeness (QED) is 0.871. The van der Waals surface area contributed by atoms with Crippen molar-refractivity contribution in [3.8, 4) is 5.88 Å². The first-order valence-electron chi connectivity index (χ1n) is 6.82. The highest BCUT2D eigenvalue weighted by Crippen LogP contribution is 2.24. The molecule has 0 radical (unpaired) electrons. The molecule has 0 amide bonds. The van der Waals surface area contributed by atoms with Gasteiger partial charge in [-0.3, -0.25) is 0 Å². The zero-order valence-corrected chi connectivity index (χ0v) is 12.8. The highest BCUT2D eigenvalue weighted by atomic mass is 16.5. The number of pyridine rings is 1. The fourth-order valence-electron chi connectivity index (χ4n) is 1.66. The van der Waals surface area contributed by atoms with Gasteiger partial charge in [-0.15, -0.1) is 0 Å². The molecule has 114 valence electrons. The molecular formula is C14H21N5O2. The molecule has 3 N–H and O–H groups in total. The molecule has 0 saturated carbocycles. The number of hydrogen-bond acceptors (Lipinski definition) is 7. The Morgan fingerprint density at radius 1 is 1.29 bits per heavy atom. The molecule has 2 rings (SSSR count). The van der Waals surface area contributed by atoms with Gasteiger partial charge in [-0.2, -0.15) is 9.97 Å². The lowest BCUT2D eigenvalue weighted by Crippen LogP contribution is -2.24. The van der Waals surface area contributed by atoms with Gasteiger partial charge >= 0.3 is 0 Å². The average molecular weight is 291 g/mol. The minimum atomic E-state index is -0.346. The molecule has 21 heavy (non-hydrogen) atoms. The van der Waals surface area contributed by atoms with Crippen molar-refractivity contribution >= 4 is 11.5 Å². The lowest BCUT2D eigenvalue weighted by Gasteiger charge is -2.21. The number of anilines is 2. The predicted molar refractivity (Wildman–Crippen MR) is 80.3 cm³/mol. The summed E-state index contributed by atoms with van der Waals surface area (Å²) in [6, 6.07) is 3.58. The van der Waals surface area contributed by atoms with Crippen molar-refractivity contribution < 1.29 is 9.26 Å². The van der Waals surface area contributed by atoms with E-state index in [1.807, 2.05) is 26.8 Å². The molecule has 0 bridgehead atoms. The van der Waals surface area contributed by atoms with Gasteiger partial charge in [-0.25, -0.2) is 0 Å². The monoisotopic (exact) mass is 291 g/mol. The van der Waals surface area contributed by atoms with Gasteiger partial charge in [0.1, 0.15) is 11.4 Å². The van der Waals surface area contributed by atoms with Gasteiger partial charge in [0.2, 0.25) is 11.8 Å². The summed E-state index contributed by atoms with van der Waals surface area (Å²) in [4.78, 5) is 8.51. The van der Waals surface area contributed by atoms with Crippen LogP contribution in [0.1, 0.15) is 32.5 Å². The van der Waals surface area contributed by atoms with Crippen LogP contribution in [0.5, 0.6) is 5.88 Å². The van der Waals surface area contributed by atoms with Crippen molar-refractivity contribution in [1.29, 1.82) is 0 Å². The zero-order chi connectivity index (χ0) is 15.5. The normalized spacial score (nSPS) is 11.4. The molecule has 2 aromatic rings. The molecule has 0 spiro atoms. The second kappa shape index (κ2) is 5.99. The maximum atomic E-state index is 5.87. The summed E-state index contributed by atoms with van der Waals surface area (Å²) in [5.74, 6) is 2.36. The van der Waals surface area contributed by atoms with E-state index in [0.717, 1.165) is 0 Å². The summed E-state index contributed by atoms with van der Waals surface area (Å²) in [5, 5.41) is 6.92. The van der Waals surface area contributed by atoms with Crippen molar-refractivity contribution in [1.82, 2.24) is 15.1 Å². The number of nitrogens with one attached hydrogen (secondary N) is 1. The molecule has 0 aromatic carbocycles. The van der Waals surface area contributed by atoms with Crippen molar-refractivity contribution in [3.63, 3.8) is 0 Å². The van der Waals surface area contributed by atoms with Gasteiger partial charge in [0, 0.05) is 13.0 Å². The van der Waals surface area contributed by atoms with Gasteiger partial charge in [0.25, 0.3) is 0 Å². The fraction of sp³-hybridized carbons (Fsp3) is 0.500. The molecule has 2 heterocycles. The van der Waals surface area contributed by atoms with Gasteiger partial charge in [0.15, 0.2) is 5.82 Å². The second-order valence-electron chi connectivity index (χ2n) is 5.72. The third-order valence-corrected chi connectivity index (χ3v) is 2.51. The summed E-state index contributed by atoms with van der Waals surface area (Å²) in [5.41, 5.74) is 6.04. The van der Waals surface area contributed by atoms with E-state index in [2.05, 4.69) is 20.4 Å². The molecule has 0 fully saturated rings. The number of aromatic nitrogens is 3. The number of nitrogen functional groups attached to an aromatic ring is 1. The Bertz CT molecular complexity index is 604. The van der Waals surface area contributed by atoms with Gasteiger partial charge < -0.3 is 20.3 Å². The Hall–Kier alpha value is -2.31. The maximum absolute atomic E-state index is 5.87. The molecule has 0 atom stereocenters. The van der Waals surface area contributed by atoms with Crippen LogP contribution in [0.15, 0.2) is 16.7 Å². The van der Waals surface area contributed by atoms with Crippen LogP contribution in [-0.2, 0) is 6.42 Å². The number of aryl methyl sites for hydroxylation is 1. The van der Waals surface area contributed by atoms with Crippen LogP contribution in [0, 0.1) is 6.92 Å². The Kier molecular flexibility index (Phi) is 4.30. The molecule has 0 aliphatic carbocycles. The largest absolute Gasteiger partial charge is 0.470 e. The van der Waals surface area contributed by atoms with Crippen LogP contribution >= 0.6 is 0 Å². The van der Waals surface area contributed by atoms with Crippen molar-refractivity contribution in [3.05, 3.63) is 23.8 Å². The summed E-state index contributed by atoms with van der Waals surface area (Å²) < 4.78 is 10.8. The van der Waals surface area contributed by atoms with E-state index in [0.29, 0.717) is 42.1 Å². The fourth-order valence-corrected chi connectivity index (χ4v) is 1.66. The SMILES string of the molecule is Cc1noc(CCNc2ccc(N)c(OC(C)(C)C)n2)n1. The Morgan fingerprint density at radius 3 is 2.67 bits per heavy atom. The Balaban J connectivity index is 1.95. The van der Waals surface area contributed by atoms with E-state index in [1.165, 1.54) is 0 Å². The van der Waals surface area contributed by atoms with E-state index in [-0.39, 0.29) is 5.60 Å².